The predicted octanol–water partition coefficient (Wildman–Crippen LogP) is 4.36. The number of hydrogen-bond acceptors (Lipinski definition) is 0. The van der Waals surface area contributed by atoms with Crippen LogP contribution in [-0.2, 0) is 0 Å². The second-order valence-corrected chi connectivity index (χ2v) is 6.74. The van der Waals surface area contributed by atoms with Crippen molar-refractivity contribution in [1.82, 2.24) is 0 Å². The van der Waals surface area contributed by atoms with Gasteiger partial charge in [-0.2, -0.15) is 0 Å². The van der Waals surface area contributed by atoms with Crippen LogP contribution in [0.2, 0.25) is 8.87 Å². The Hall–Kier alpha value is 2.26. The maximum atomic E-state index is 2.29. The summed E-state index contributed by atoms with van der Waals surface area (Å²) in [4.78, 5) is 0. The van der Waals surface area contributed by atoms with Gasteiger partial charge < -0.3 is 0 Å². The SMILES string of the molecule is CCC[CH2][Sn][CH2]CCC.I.I. The van der Waals surface area contributed by atoms with Gasteiger partial charge in [0.1, 0.15) is 0 Å². The Morgan fingerprint density at radius 2 is 1.18 bits per heavy atom. The maximum absolute atomic E-state index is 2.29. The van der Waals surface area contributed by atoms with Crippen LogP contribution < -0.4 is 0 Å². The van der Waals surface area contributed by atoms with E-state index in [1.54, 1.807) is 8.87 Å². The van der Waals surface area contributed by atoms with E-state index < -0.39 is 0 Å². The topological polar surface area (TPSA) is 0 Å². The van der Waals surface area contributed by atoms with Crippen molar-refractivity contribution in [3.05, 3.63) is 0 Å². The van der Waals surface area contributed by atoms with Gasteiger partial charge in [0.05, 0.1) is 0 Å². The standard InChI is InChI=1S/2C4H9.2HI.Sn/c2*1-3-4-2;;;/h2*1,3-4H2,2H3;2*1H;. The van der Waals surface area contributed by atoms with E-state index in [1.165, 1.54) is 25.7 Å². The van der Waals surface area contributed by atoms with E-state index in [9.17, 15) is 0 Å². The molecule has 3 heteroatoms. The molecule has 0 nitrogen and oxygen atoms in total. The molecule has 0 aliphatic carbocycles. The van der Waals surface area contributed by atoms with Crippen molar-refractivity contribution in [3.63, 3.8) is 0 Å². The molecule has 0 N–H and O–H groups in total. The molecule has 0 saturated carbocycles. The third-order valence-corrected chi connectivity index (χ3v) is 5.45. The molecule has 0 atom stereocenters. The fourth-order valence-electron chi connectivity index (χ4n) is 0.729. The number of unbranched alkanes of at least 4 members (excludes halogenated alkanes) is 2. The van der Waals surface area contributed by atoms with Crippen LogP contribution in [0.1, 0.15) is 39.5 Å². The second-order valence-electron chi connectivity index (χ2n) is 2.46. The van der Waals surface area contributed by atoms with E-state index in [2.05, 4.69) is 13.8 Å². The van der Waals surface area contributed by atoms with Crippen LogP contribution in [0.4, 0.5) is 0 Å². The summed E-state index contributed by atoms with van der Waals surface area (Å²) in [6.45, 7) is 4.58. The molecule has 0 amide bonds. The second kappa shape index (κ2) is 18.1. The van der Waals surface area contributed by atoms with E-state index >= 15 is 0 Å². The molecule has 0 aromatic rings. The molecule has 0 aromatic carbocycles. The Balaban J connectivity index is -0.000000320. The summed E-state index contributed by atoms with van der Waals surface area (Å²) in [5.74, 6) is 0. The third-order valence-electron chi connectivity index (χ3n) is 1.41. The van der Waals surface area contributed by atoms with E-state index in [1.807, 2.05) is 0 Å². The van der Waals surface area contributed by atoms with Crippen molar-refractivity contribution >= 4 is 69.1 Å². The Morgan fingerprint density at radius 3 is 1.45 bits per heavy atom. The minimum absolute atomic E-state index is 0. The Kier molecular flexibility index (Phi) is 31.2. The van der Waals surface area contributed by atoms with Crippen LogP contribution in [0.5, 0.6) is 0 Å². The van der Waals surface area contributed by atoms with Crippen LogP contribution in [-0.4, -0.2) is 21.1 Å². The van der Waals surface area contributed by atoms with Crippen molar-refractivity contribution in [1.29, 1.82) is 0 Å². The molecule has 0 aliphatic heterocycles. The molecule has 0 bridgehead atoms. The average Bonchev–Trinajstić information content (AvgIpc) is 1.89. The molecular formula is C8H20I2Sn. The largest absolute Gasteiger partial charge is 0.107 e. The van der Waals surface area contributed by atoms with E-state index in [4.69, 9.17) is 0 Å². The summed E-state index contributed by atoms with van der Waals surface area (Å²) in [6.07, 6.45) is 5.84. The van der Waals surface area contributed by atoms with E-state index in [0.29, 0.717) is 0 Å². The average molecular weight is 489 g/mol. The number of halogens is 2. The first kappa shape index (κ1) is 18.9. The van der Waals surface area contributed by atoms with Crippen molar-refractivity contribution in [3.8, 4) is 0 Å². The van der Waals surface area contributed by atoms with Gasteiger partial charge in [-0.1, -0.05) is 0 Å². The molecular weight excluding hydrogens is 469 g/mol. The zero-order valence-electron chi connectivity index (χ0n) is 7.56. The van der Waals surface area contributed by atoms with Gasteiger partial charge >= 0.3 is 69.5 Å². The van der Waals surface area contributed by atoms with Crippen LogP contribution >= 0.6 is 48.0 Å². The van der Waals surface area contributed by atoms with Gasteiger partial charge in [-0.3, -0.25) is 0 Å². The summed E-state index contributed by atoms with van der Waals surface area (Å²) >= 11 is 0.149. The summed E-state index contributed by atoms with van der Waals surface area (Å²) in [6, 6.07) is 0. The summed E-state index contributed by atoms with van der Waals surface area (Å²) in [5.41, 5.74) is 0. The van der Waals surface area contributed by atoms with Gasteiger partial charge in [-0.05, 0) is 0 Å². The van der Waals surface area contributed by atoms with Crippen molar-refractivity contribution in [2.24, 2.45) is 0 Å². The first-order valence-corrected chi connectivity index (χ1v) is 8.16. The van der Waals surface area contributed by atoms with Gasteiger partial charge in [0.2, 0.25) is 0 Å². The van der Waals surface area contributed by atoms with Gasteiger partial charge in [-0.25, -0.2) is 0 Å². The normalized spacial score (nSPS) is 8.18. The molecule has 0 aromatic heterocycles. The molecule has 70 valence electrons. The molecule has 11 heavy (non-hydrogen) atoms. The zero-order valence-corrected chi connectivity index (χ0v) is 15.1. The Morgan fingerprint density at radius 1 is 0.818 bits per heavy atom. The Bertz CT molecular complexity index is 45.4. The molecule has 0 spiro atoms. The monoisotopic (exact) mass is 490 g/mol. The summed E-state index contributed by atoms with van der Waals surface area (Å²) in [7, 11) is 0. The first-order chi connectivity index (χ1) is 4.41. The smallest absolute Gasteiger partial charge is 0.107 e. The van der Waals surface area contributed by atoms with Crippen molar-refractivity contribution in [2.75, 3.05) is 0 Å². The maximum Gasteiger partial charge on any atom is -0.107 e. The zero-order chi connectivity index (χ0) is 6.95. The number of hydrogen-bond donors (Lipinski definition) is 0. The minimum atomic E-state index is 0. The summed E-state index contributed by atoms with van der Waals surface area (Å²) in [5, 5.41) is 0. The van der Waals surface area contributed by atoms with E-state index in [-0.39, 0.29) is 69.1 Å². The van der Waals surface area contributed by atoms with Crippen LogP contribution in [0.25, 0.3) is 0 Å². The molecule has 0 fully saturated rings. The quantitative estimate of drug-likeness (QED) is 0.296. The van der Waals surface area contributed by atoms with Crippen LogP contribution in [0, 0.1) is 0 Å². The number of rotatable bonds is 6. The molecule has 0 heterocycles. The molecule has 2 radical (unpaired) electrons. The fourth-order valence-corrected chi connectivity index (χ4v) is 4.89. The molecule has 0 saturated heterocycles. The van der Waals surface area contributed by atoms with Crippen molar-refractivity contribution in [2.45, 2.75) is 48.4 Å². The molecule has 0 aliphatic rings. The predicted molar refractivity (Wildman–Crippen MR) is 76.0 cm³/mol. The van der Waals surface area contributed by atoms with Gasteiger partial charge in [-0.15, -0.1) is 48.0 Å². The molecule has 0 rings (SSSR count). The van der Waals surface area contributed by atoms with Gasteiger partial charge in [0.15, 0.2) is 0 Å². The Labute approximate surface area is 116 Å². The van der Waals surface area contributed by atoms with Crippen LogP contribution in [0.3, 0.4) is 0 Å². The molecule has 0 unspecified atom stereocenters. The van der Waals surface area contributed by atoms with Gasteiger partial charge in [0, 0.05) is 0 Å². The van der Waals surface area contributed by atoms with Crippen molar-refractivity contribution < 1.29 is 0 Å². The third kappa shape index (κ3) is 18.9. The van der Waals surface area contributed by atoms with E-state index in [0.717, 1.165) is 0 Å². The van der Waals surface area contributed by atoms with Crippen LogP contribution in [0.15, 0.2) is 0 Å². The minimum Gasteiger partial charge on any atom is -0.107 e. The van der Waals surface area contributed by atoms with Gasteiger partial charge in [0.25, 0.3) is 0 Å². The first-order valence-electron chi connectivity index (χ1n) is 4.12. The summed E-state index contributed by atoms with van der Waals surface area (Å²) < 4.78 is 3.25. The fraction of sp³-hybridized carbons (Fsp3) is 1.00.